The molecule has 1 N–H and O–H groups in total. The molecule has 0 bridgehead atoms. The lowest BCUT2D eigenvalue weighted by atomic mass is 10.0. The molecular formula is C23H25FN4O2S. The molecule has 0 spiro atoms. The number of hydrogen-bond acceptors (Lipinski definition) is 6. The average molecular weight is 441 g/mol. The molecule has 0 saturated carbocycles. The highest BCUT2D eigenvalue weighted by molar-refractivity contribution is 7.13. The summed E-state index contributed by atoms with van der Waals surface area (Å²) >= 11 is 1.30. The zero-order valence-corrected chi connectivity index (χ0v) is 18.2. The fourth-order valence-electron chi connectivity index (χ4n) is 3.86. The summed E-state index contributed by atoms with van der Waals surface area (Å²) in [6, 6.07) is 14.2. The van der Waals surface area contributed by atoms with Crippen LogP contribution < -0.4 is 10.1 Å². The Hall–Kier alpha value is -2.84. The normalized spacial score (nSPS) is 17.2. The molecule has 1 aliphatic rings. The van der Waals surface area contributed by atoms with Gasteiger partial charge in [0.15, 0.2) is 0 Å². The quantitative estimate of drug-likeness (QED) is 0.581. The van der Waals surface area contributed by atoms with Crippen LogP contribution in [-0.2, 0) is 6.54 Å². The maximum atomic E-state index is 13.1. The van der Waals surface area contributed by atoms with Crippen molar-refractivity contribution in [2.24, 2.45) is 0 Å². The molecule has 1 saturated heterocycles. The van der Waals surface area contributed by atoms with Gasteiger partial charge >= 0.3 is 0 Å². The van der Waals surface area contributed by atoms with Gasteiger partial charge in [-0.15, -0.1) is 10.2 Å². The van der Waals surface area contributed by atoms with E-state index in [4.69, 9.17) is 4.74 Å². The lowest BCUT2D eigenvalue weighted by Gasteiger charge is -2.29. The average Bonchev–Trinajstić information content (AvgIpc) is 3.14. The molecule has 1 aromatic heterocycles. The molecule has 6 nitrogen and oxygen atoms in total. The minimum atomic E-state index is -0.347. The van der Waals surface area contributed by atoms with E-state index in [0.29, 0.717) is 23.3 Å². The number of anilines is 1. The van der Waals surface area contributed by atoms with Crippen LogP contribution in [0, 0.1) is 5.82 Å². The van der Waals surface area contributed by atoms with Crippen LogP contribution in [0.15, 0.2) is 48.5 Å². The van der Waals surface area contributed by atoms with Gasteiger partial charge in [-0.1, -0.05) is 36.3 Å². The van der Waals surface area contributed by atoms with Gasteiger partial charge in [-0.25, -0.2) is 4.39 Å². The van der Waals surface area contributed by atoms with E-state index in [9.17, 15) is 9.18 Å². The highest BCUT2D eigenvalue weighted by Gasteiger charge is 2.24. The van der Waals surface area contributed by atoms with Crippen molar-refractivity contribution in [3.05, 3.63) is 69.9 Å². The molecule has 4 rings (SSSR count). The van der Waals surface area contributed by atoms with Crippen LogP contribution in [0.3, 0.4) is 0 Å². The summed E-state index contributed by atoms with van der Waals surface area (Å²) in [4.78, 5) is 14.9. The minimum Gasteiger partial charge on any atom is -0.497 e. The van der Waals surface area contributed by atoms with E-state index >= 15 is 0 Å². The van der Waals surface area contributed by atoms with E-state index in [1.165, 1.54) is 54.0 Å². The number of ether oxygens (including phenoxy) is 1. The van der Waals surface area contributed by atoms with Crippen LogP contribution in [0.1, 0.15) is 52.1 Å². The fourth-order valence-corrected chi connectivity index (χ4v) is 4.62. The van der Waals surface area contributed by atoms with Gasteiger partial charge in [0.2, 0.25) is 5.01 Å². The Bertz CT molecular complexity index is 1010. The first-order valence-corrected chi connectivity index (χ1v) is 11.2. The number of aromatic nitrogens is 2. The van der Waals surface area contributed by atoms with E-state index in [1.807, 2.05) is 12.1 Å². The number of hydrogen-bond donors (Lipinski definition) is 1. The second-order valence-electron chi connectivity index (χ2n) is 7.57. The van der Waals surface area contributed by atoms with Crippen LogP contribution in [0.4, 0.5) is 10.1 Å². The number of carbonyl (C=O) groups excluding carboxylic acids is 1. The van der Waals surface area contributed by atoms with E-state index in [-0.39, 0.29) is 11.7 Å². The molecular weight excluding hydrogens is 415 g/mol. The predicted molar refractivity (Wildman–Crippen MR) is 119 cm³/mol. The minimum absolute atomic E-state index is 0.300. The van der Waals surface area contributed by atoms with Gasteiger partial charge in [-0.05, 0) is 61.3 Å². The summed E-state index contributed by atoms with van der Waals surface area (Å²) in [5, 5.41) is 12.2. The lowest BCUT2D eigenvalue weighted by molar-refractivity contribution is 0.102. The molecule has 1 fully saturated rings. The maximum Gasteiger partial charge on any atom is 0.286 e. The molecule has 1 atom stereocenters. The number of halogens is 1. The van der Waals surface area contributed by atoms with Crippen molar-refractivity contribution in [2.45, 2.75) is 38.3 Å². The number of rotatable bonds is 6. The van der Waals surface area contributed by atoms with Gasteiger partial charge in [0, 0.05) is 11.7 Å². The molecule has 1 amide bonds. The van der Waals surface area contributed by atoms with Gasteiger partial charge in [-0.3, -0.25) is 9.69 Å². The van der Waals surface area contributed by atoms with E-state index in [1.54, 1.807) is 7.11 Å². The standard InChI is InChI=1S/C23H25FN4O2S/c1-30-19-12-6-16(7-13-19)20-5-3-2-4-14-28(20)15-21-26-27-23(31-21)22(29)25-18-10-8-17(24)9-11-18/h6-13,20H,2-5,14-15H2,1H3,(H,25,29). The molecule has 0 aliphatic carbocycles. The van der Waals surface area contributed by atoms with Crippen LogP contribution in [-0.4, -0.2) is 34.7 Å². The monoisotopic (exact) mass is 440 g/mol. The van der Waals surface area contributed by atoms with Gasteiger partial charge in [0.05, 0.1) is 13.7 Å². The Kier molecular flexibility index (Phi) is 6.89. The van der Waals surface area contributed by atoms with Crippen molar-refractivity contribution in [2.75, 3.05) is 19.0 Å². The first-order chi connectivity index (χ1) is 15.1. The van der Waals surface area contributed by atoms with Crippen molar-refractivity contribution in [3.8, 4) is 5.75 Å². The van der Waals surface area contributed by atoms with Crippen molar-refractivity contribution in [1.29, 1.82) is 0 Å². The number of benzene rings is 2. The molecule has 2 heterocycles. The van der Waals surface area contributed by atoms with Gasteiger partial charge in [-0.2, -0.15) is 0 Å². The second kappa shape index (κ2) is 9.98. The summed E-state index contributed by atoms with van der Waals surface area (Å²) in [6.07, 6.45) is 4.63. The summed E-state index contributed by atoms with van der Waals surface area (Å²) in [6.45, 7) is 1.63. The third kappa shape index (κ3) is 5.45. The first kappa shape index (κ1) is 21.4. The number of amides is 1. The van der Waals surface area contributed by atoms with E-state index in [2.05, 4.69) is 32.5 Å². The topological polar surface area (TPSA) is 67.3 Å². The smallest absolute Gasteiger partial charge is 0.286 e. The molecule has 1 unspecified atom stereocenters. The van der Waals surface area contributed by atoms with Gasteiger partial charge in [0.25, 0.3) is 5.91 Å². The Balaban J connectivity index is 1.45. The number of likely N-dealkylation sites (tertiary alicyclic amines) is 1. The predicted octanol–water partition coefficient (Wildman–Crippen LogP) is 5.06. The summed E-state index contributed by atoms with van der Waals surface area (Å²) in [7, 11) is 1.67. The van der Waals surface area contributed by atoms with Crippen molar-refractivity contribution in [3.63, 3.8) is 0 Å². The zero-order valence-electron chi connectivity index (χ0n) is 17.4. The molecule has 0 radical (unpaired) electrons. The third-order valence-corrected chi connectivity index (χ3v) is 6.37. The van der Waals surface area contributed by atoms with Crippen molar-refractivity contribution >= 4 is 22.9 Å². The van der Waals surface area contributed by atoms with Crippen LogP contribution >= 0.6 is 11.3 Å². The number of nitrogens with zero attached hydrogens (tertiary/aromatic N) is 3. The lowest BCUT2D eigenvalue weighted by Crippen LogP contribution is -2.28. The Morgan fingerprint density at radius 1 is 1.13 bits per heavy atom. The molecule has 2 aromatic carbocycles. The molecule has 1 aliphatic heterocycles. The van der Waals surface area contributed by atoms with Crippen LogP contribution in [0.25, 0.3) is 0 Å². The summed E-state index contributed by atoms with van der Waals surface area (Å²) in [5.41, 5.74) is 1.79. The number of carbonyl (C=O) groups is 1. The van der Waals surface area contributed by atoms with Crippen molar-refractivity contribution in [1.82, 2.24) is 15.1 Å². The zero-order chi connectivity index (χ0) is 21.6. The Labute approximate surface area is 185 Å². The third-order valence-electron chi connectivity index (χ3n) is 5.47. The first-order valence-electron chi connectivity index (χ1n) is 10.4. The van der Waals surface area contributed by atoms with Crippen LogP contribution in [0.2, 0.25) is 0 Å². The van der Waals surface area contributed by atoms with Crippen molar-refractivity contribution < 1.29 is 13.9 Å². The SMILES string of the molecule is COc1ccc(C2CCCCCN2Cc2nnc(C(=O)Nc3ccc(F)cc3)s2)cc1. The second-order valence-corrected chi connectivity index (χ2v) is 8.63. The number of methoxy groups -OCH3 is 1. The number of nitrogens with one attached hydrogen (secondary N) is 1. The highest BCUT2D eigenvalue weighted by atomic mass is 32.1. The molecule has 8 heteroatoms. The molecule has 31 heavy (non-hydrogen) atoms. The maximum absolute atomic E-state index is 13.1. The highest BCUT2D eigenvalue weighted by Crippen LogP contribution is 2.32. The van der Waals surface area contributed by atoms with E-state index in [0.717, 1.165) is 30.1 Å². The Morgan fingerprint density at radius 2 is 1.90 bits per heavy atom. The summed E-state index contributed by atoms with van der Waals surface area (Å²) < 4.78 is 18.3. The fraction of sp³-hybridized carbons (Fsp3) is 0.348. The van der Waals surface area contributed by atoms with Gasteiger partial charge in [0.1, 0.15) is 16.6 Å². The van der Waals surface area contributed by atoms with E-state index < -0.39 is 0 Å². The Morgan fingerprint density at radius 3 is 2.65 bits per heavy atom. The largest absolute Gasteiger partial charge is 0.497 e. The van der Waals surface area contributed by atoms with Gasteiger partial charge < -0.3 is 10.1 Å². The summed E-state index contributed by atoms with van der Waals surface area (Å²) in [5.74, 6) is 0.169. The molecule has 162 valence electrons. The molecule has 3 aromatic rings. The van der Waals surface area contributed by atoms with Crippen LogP contribution in [0.5, 0.6) is 5.75 Å².